The molecule has 108 valence electrons. The van der Waals surface area contributed by atoms with Crippen molar-refractivity contribution < 1.29 is 4.79 Å². The van der Waals surface area contributed by atoms with Gasteiger partial charge in [0.15, 0.2) is 0 Å². The molecule has 0 spiro atoms. The van der Waals surface area contributed by atoms with Crippen LogP contribution in [0.25, 0.3) is 0 Å². The van der Waals surface area contributed by atoms with Gasteiger partial charge in [-0.15, -0.1) is 0 Å². The van der Waals surface area contributed by atoms with Crippen LogP contribution in [0, 0.1) is 11.8 Å². The molecule has 0 unspecified atom stereocenters. The highest BCUT2D eigenvalue weighted by Crippen LogP contribution is 2.08. The molecule has 0 heterocycles. The summed E-state index contributed by atoms with van der Waals surface area (Å²) in [6.07, 6.45) is 0. The molecule has 0 aliphatic rings. The summed E-state index contributed by atoms with van der Waals surface area (Å²) in [6.45, 7) is 4.43. The molecule has 4 nitrogen and oxygen atoms in total. The Morgan fingerprint density at radius 3 is 2.70 bits per heavy atom. The van der Waals surface area contributed by atoms with Crippen LogP contribution in [-0.2, 0) is 11.3 Å². The van der Waals surface area contributed by atoms with Crippen molar-refractivity contribution in [3.63, 3.8) is 0 Å². The second-order valence-electron chi connectivity index (χ2n) is 4.80. The fourth-order valence-electron chi connectivity index (χ4n) is 1.77. The molecule has 2 N–H and O–H groups in total. The summed E-state index contributed by atoms with van der Waals surface area (Å²) in [5.41, 5.74) is 7.49. The minimum absolute atomic E-state index is 0.117. The summed E-state index contributed by atoms with van der Waals surface area (Å²) in [7, 11) is 3.55. The van der Waals surface area contributed by atoms with Crippen molar-refractivity contribution in [2.24, 2.45) is 5.73 Å². The molecule has 20 heavy (non-hydrogen) atoms. The number of likely N-dealkylation sites (N-methyl/N-ethyl adjacent to an activating group) is 2. The minimum atomic E-state index is 0.117. The van der Waals surface area contributed by atoms with E-state index in [1.807, 2.05) is 18.2 Å². The third kappa shape index (κ3) is 5.43. The van der Waals surface area contributed by atoms with Crippen LogP contribution in [0.5, 0.6) is 0 Å². The van der Waals surface area contributed by atoms with Crippen molar-refractivity contribution in [2.75, 3.05) is 33.7 Å². The second-order valence-corrected chi connectivity index (χ2v) is 4.80. The van der Waals surface area contributed by atoms with Crippen molar-refractivity contribution in [1.29, 1.82) is 0 Å². The van der Waals surface area contributed by atoms with Crippen LogP contribution < -0.4 is 5.73 Å². The van der Waals surface area contributed by atoms with E-state index in [0.717, 1.165) is 24.2 Å². The summed E-state index contributed by atoms with van der Waals surface area (Å²) < 4.78 is 0. The standard InChI is InChI=1S/C16H23N3O/c1-4-19(13-16(20)18(2)3)12-15-8-5-7-14(11-15)9-6-10-17/h5,7-8,11H,4,10,12-13,17H2,1-3H3. The zero-order valence-electron chi connectivity index (χ0n) is 12.5. The Morgan fingerprint density at radius 2 is 2.10 bits per heavy atom. The third-order valence-corrected chi connectivity index (χ3v) is 2.97. The van der Waals surface area contributed by atoms with E-state index < -0.39 is 0 Å². The van der Waals surface area contributed by atoms with Crippen LogP contribution in [0.1, 0.15) is 18.1 Å². The average Bonchev–Trinajstić information content (AvgIpc) is 2.44. The zero-order chi connectivity index (χ0) is 15.0. The Hall–Kier alpha value is -1.83. The van der Waals surface area contributed by atoms with Gasteiger partial charge in [-0.2, -0.15) is 0 Å². The molecule has 0 radical (unpaired) electrons. The lowest BCUT2D eigenvalue weighted by molar-refractivity contribution is -0.130. The van der Waals surface area contributed by atoms with Gasteiger partial charge in [-0.3, -0.25) is 9.69 Å². The molecule has 1 amide bonds. The predicted molar refractivity (Wildman–Crippen MR) is 82.0 cm³/mol. The molecule has 0 aromatic heterocycles. The monoisotopic (exact) mass is 273 g/mol. The molecule has 1 aromatic rings. The van der Waals surface area contributed by atoms with Gasteiger partial charge in [-0.25, -0.2) is 0 Å². The van der Waals surface area contributed by atoms with Crippen LogP contribution in [0.2, 0.25) is 0 Å². The third-order valence-electron chi connectivity index (χ3n) is 2.97. The van der Waals surface area contributed by atoms with Gasteiger partial charge in [-0.1, -0.05) is 30.9 Å². The van der Waals surface area contributed by atoms with Crippen LogP contribution in [0.4, 0.5) is 0 Å². The highest BCUT2D eigenvalue weighted by atomic mass is 16.2. The van der Waals surface area contributed by atoms with Gasteiger partial charge in [-0.05, 0) is 24.2 Å². The molecule has 0 atom stereocenters. The van der Waals surface area contributed by atoms with Gasteiger partial charge in [0.25, 0.3) is 0 Å². The molecule has 0 saturated carbocycles. The number of benzene rings is 1. The fourth-order valence-corrected chi connectivity index (χ4v) is 1.77. The van der Waals surface area contributed by atoms with E-state index in [2.05, 4.69) is 29.7 Å². The van der Waals surface area contributed by atoms with Crippen molar-refractivity contribution in [3.05, 3.63) is 35.4 Å². The van der Waals surface area contributed by atoms with E-state index in [4.69, 9.17) is 5.73 Å². The maximum Gasteiger partial charge on any atom is 0.236 e. The number of amides is 1. The van der Waals surface area contributed by atoms with E-state index in [1.165, 1.54) is 0 Å². The lowest BCUT2D eigenvalue weighted by atomic mass is 10.1. The normalized spacial score (nSPS) is 10.1. The Labute approximate surface area is 121 Å². The highest BCUT2D eigenvalue weighted by molar-refractivity contribution is 5.77. The van der Waals surface area contributed by atoms with Crippen molar-refractivity contribution in [3.8, 4) is 11.8 Å². The van der Waals surface area contributed by atoms with Crippen molar-refractivity contribution in [1.82, 2.24) is 9.80 Å². The number of carbonyl (C=O) groups excluding carboxylic acids is 1. The Balaban J connectivity index is 2.72. The maximum absolute atomic E-state index is 11.8. The number of nitrogens with two attached hydrogens (primary N) is 1. The molecule has 0 fully saturated rings. The predicted octanol–water partition coefficient (Wildman–Crippen LogP) is 0.907. The first-order chi connectivity index (χ1) is 9.56. The molecular weight excluding hydrogens is 250 g/mol. The second kappa shape index (κ2) is 8.36. The zero-order valence-corrected chi connectivity index (χ0v) is 12.5. The molecule has 0 aliphatic carbocycles. The van der Waals surface area contributed by atoms with Crippen LogP contribution in [0.15, 0.2) is 24.3 Å². The minimum Gasteiger partial charge on any atom is -0.348 e. The smallest absolute Gasteiger partial charge is 0.236 e. The quantitative estimate of drug-likeness (QED) is 0.811. The van der Waals surface area contributed by atoms with Gasteiger partial charge in [0.05, 0.1) is 13.1 Å². The highest BCUT2D eigenvalue weighted by Gasteiger charge is 2.11. The van der Waals surface area contributed by atoms with Crippen molar-refractivity contribution >= 4 is 5.91 Å². The number of rotatable bonds is 5. The first kappa shape index (κ1) is 16.2. The number of hydrogen-bond acceptors (Lipinski definition) is 3. The van der Waals surface area contributed by atoms with Crippen LogP contribution in [-0.4, -0.2) is 49.4 Å². The first-order valence-corrected chi connectivity index (χ1v) is 6.77. The molecular formula is C16H23N3O. The van der Waals surface area contributed by atoms with E-state index in [-0.39, 0.29) is 5.91 Å². The van der Waals surface area contributed by atoms with Crippen LogP contribution >= 0.6 is 0 Å². The summed E-state index contributed by atoms with van der Waals surface area (Å²) >= 11 is 0. The van der Waals surface area contributed by atoms with E-state index in [0.29, 0.717) is 13.1 Å². The first-order valence-electron chi connectivity index (χ1n) is 6.77. The van der Waals surface area contributed by atoms with Gasteiger partial charge in [0.2, 0.25) is 5.91 Å². The van der Waals surface area contributed by atoms with Gasteiger partial charge in [0, 0.05) is 26.2 Å². The maximum atomic E-state index is 11.8. The molecule has 0 aliphatic heterocycles. The largest absolute Gasteiger partial charge is 0.348 e. The lowest BCUT2D eigenvalue weighted by Crippen LogP contribution is -2.36. The lowest BCUT2D eigenvalue weighted by Gasteiger charge is -2.22. The van der Waals surface area contributed by atoms with Crippen LogP contribution in [0.3, 0.4) is 0 Å². The number of hydrogen-bond donors (Lipinski definition) is 1. The SMILES string of the molecule is CCN(CC(=O)N(C)C)Cc1cccc(C#CCN)c1. The molecule has 4 heteroatoms. The summed E-state index contributed by atoms with van der Waals surface area (Å²) in [6, 6.07) is 8.05. The number of nitrogens with zero attached hydrogens (tertiary/aromatic N) is 2. The summed E-state index contributed by atoms with van der Waals surface area (Å²) in [5, 5.41) is 0. The number of carbonyl (C=O) groups is 1. The molecule has 1 rings (SSSR count). The van der Waals surface area contributed by atoms with E-state index in [1.54, 1.807) is 19.0 Å². The topological polar surface area (TPSA) is 49.6 Å². The Kier molecular flexibility index (Phi) is 6.78. The van der Waals surface area contributed by atoms with E-state index in [9.17, 15) is 4.79 Å². The summed E-state index contributed by atoms with van der Waals surface area (Å²) in [5.74, 6) is 5.99. The van der Waals surface area contributed by atoms with Gasteiger partial charge in [0.1, 0.15) is 0 Å². The molecule has 0 bridgehead atoms. The van der Waals surface area contributed by atoms with Gasteiger partial charge < -0.3 is 10.6 Å². The van der Waals surface area contributed by atoms with Crippen molar-refractivity contribution in [2.45, 2.75) is 13.5 Å². The van der Waals surface area contributed by atoms with Gasteiger partial charge >= 0.3 is 0 Å². The molecule has 1 aromatic carbocycles. The van der Waals surface area contributed by atoms with E-state index >= 15 is 0 Å². The Bertz CT molecular complexity index is 500. The summed E-state index contributed by atoms with van der Waals surface area (Å²) in [4.78, 5) is 15.5. The Morgan fingerprint density at radius 1 is 1.35 bits per heavy atom. The fraction of sp³-hybridized carbons (Fsp3) is 0.438. The molecule has 0 saturated heterocycles. The average molecular weight is 273 g/mol.